The van der Waals surface area contributed by atoms with Gasteiger partial charge in [-0.1, -0.05) is 188 Å². The molecule has 10 aromatic carbocycles. The van der Waals surface area contributed by atoms with E-state index in [1.165, 1.54) is 60.8 Å². The third kappa shape index (κ3) is 6.32. The van der Waals surface area contributed by atoms with Crippen LogP contribution in [-0.4, -0.2) is 0 Å². The summed E-state index contributed by atoms with van der Waals surface area (Å²) < 4.78 is 6.46. The fraction of sp³-hybridized carbons (Fsp3) is 0. The largest absolute Gasteiger partial charge is 0.456 e. The van der Waals surface area contributed by atoms with E-state index in [4.69, 9.17) is 4.42 Å². The Morgan fingerprint density at radius 2 is 0.867 bits per heavy atom. The Labute approximate surface area is 349 Å². The van der Waals surface area contributed by atoms with Crippen molar-refractivity contribution in [3.05, 3.63) is 237 Å². The molecule has 0 radical (unpaired) electrons. The van der Waals surface area contributed by atoms with Crippen molar-refractivity contribution in [2.24, 2.45) is 0 Å². The Hall–Kier alpha value is -7.94. The first-order chi connectivity index (χ1) is 29.8. The monoisotopic (exact) mass is 765 g/mol. The maximum atomic E-state index is 6.46. The quantitative estimate of drug-likeness (QED) is 0.153. The average molecular weight is 766 g/mol. The van der Waals surface area contributed by atoms with Crippen molar-refractivity contribution in [1.29, 1.82) is 0 Å². The second-order valence-electron chi connectivity index (χ2n) is 15.2. The van der Waals surface area contributed by atoms with E-state index in [-0.39, 0.29) is 0 Å². The molecule has 0 aliphatic rings. The van der Waals surface area contributed by atoms with Crippen LogP contribution in [0.4, 0.5) is 17.1 Å². The highest BCUT2D eigenvalue weighted by Crippen LogP contribution is 2.47. The zero-order valence-corrected chi connectivity index (χ0v) is 32.9. The molecule has 11 aromatic rings. The maximum Gasteiger partial charge on any atom is 0.137 e. The highest BCUT2D eigenvalue weighted by molar-refractivity contribution is 6.13. The van der Waals surface area contributed by atoms with E-state index in [2.05, 4.69) is 235 Å². The van der Waals surface area contributed by atoms with Crippen molar-refractivity contribution >= 4 is 49.8 Å². The van der Waals surface area contributed by atoms with E-state index < -0.39 is 0 Å². The summed E-state index contributed by atoms with van der Waals surface area (Å²) in [6.07, 6.45) is 0. The summed E-state index contributed by atoms with van der Waals surface area (Å²) in [4.78, 5) is 2.39. The van der Waals surface area contributed by atoms with E-state index in [0.29, 0.717) is 0 Å². The number of nitrogens with zero attached hydrogens (tertiary/aromatic N) is 1. The van der Waals surface area contributed by atoms with E-state index in [9.17, 15) is 0 Å². The highest BCUT2D eigenvalue weighted by Gasteiger charge is 2.22. The topological polar surface area (TPSA) is 16.4 Å². The van der Waals surface area contributed by atoms with Crippen LogP contribution >= 0.6 is 0 Å². The predicted octanol–water partition coefficient (Wildman–Crippen LogP) is 16.5. The summed E-state index contributed by atoms with van der Waals surface area (Å²) in [7, 11) is 0. The molecule has 0 spiro atoms. The summed E-state index contributed by atoms with van der Waals surface area (Å²) in [5.74, 6) is 0. The van der Waals surface area contributed by atoms with E-state index in [1.54, 1.807) is 0 Å². The number of fused-ring (bicyclic) bond motifs is 4. The van der Waals surface area contributed by atoms with Crippen LogP contribution in [-0.2, 0) is 0 Å². The average Bonchev–Trinajstić information content (AvgIpc) is 3.72. The minimum Gasteiger partial charge on any atom is -0.456 e. The first kappa shape index (κ1) is 35.2. The van der Waals surface area contributed by atoms with E-state index in [1.807, 2.05) is 6.07 Å². The maximum absolute atomic E-state index is 6.46. The fourth-order valence-electron chi connectivity index (χ4n) is 8.87. The second-order valence-corrected chi connectivity index (χ2v) is 15.2. The van der Waals surface area contributed by atoms with Crippen molar-refractivity contribution in [2.45, 2.75) is 0 Å². The third-order valence-corrected chi connectivity index (χ3v) is 11.7. The van der Waals surface area contributed by atoms with Gasteiger partial charge < -0.3 is 9.32 Å². The van der Waals surface area contributed by atoms with E-state index >= 15 is 0 Å². The van der Waals surface area contributed by atoms with Crippen molar-refractivity contribution in [1.82, 2.24) is 0 Å². The SMILES string of the molecule is c1ccc(-c2ccccc2-c2c(-c3ccccc3)cccc2-c2cccc(N(c3ccc(-c4ccc5ccccc5c4)cc3)c3cccc4oc5ccccc5c34)c2)cc1. The van der Waals surface area contributed by atoms with Crippen LogP contribution in [0.25, 0.3) is 88.3 Å². The molecule has 2 heteroatoms. The molecule has 1 heterocycles. The number of benzene rings is 10. The van der Waals surface area contributed by atoms with Crippen LogP contribution < -0.4 is 4.90 Å². The Morgan fingerprint density at radius 3 is 1.67 bits per heavy atom. The first-order valence-electron chi connectivity index (χ1n) is 20.5. The van der Waals surface area contributed by atoms with Crippen molar-refractivity contribution in [2.75, 3.05) is 4.90 Å². The lowest BCUT2D eigenvalue weighted by Crippen LogP contribution is -2.10. The van der Waals surface area contributed by atoms with Gasteiger partial charge in [0.2, 0.25) is 0 Å². The van der Waals surface area contributed by atoms with Crippen LogP contribution in [0, 0.1) is 0 Å². The molecular formula is C58H39NO. The van der Waals surface area contributed by atoms with Crippen LogP contribution in [0.1, 0.15) is 0 Å². The van der Waals surface area contributed by atoms with Gasteiger partial charge in [-0.25, -0.2) is 0 Å². The van der Waals surface area contributed by atoms with Gasteiger partial charge in [0.25, 0.3) is 0 Å². The lowest BCUT2D eigenvalue weighted by Gasteiger charge is -2.27. The van der Waals surface area contributed by atoms with Gasteiger partial charge in [0.1, 0.15) is 11.2 Å². The summed E-state index contributed by atoms with van der Waals surface area (Å²) >= 11 is 0. The zero-order valence-electron chi connectivity index (χ0n) is 32.9. The molecule has 0 amide bonds. The van der Waals surface area contributed by atoms with E-state index in [0.717, 1.165) is 44.6 Å². The number of anilines is 3. The van der Waals surface area contributed by atoms with Gasteiger partial charge in [-0.3, -0.25) is 0 Å². The molecule has 0 atom stereocenters. The lowest BCUT2D eigenvalue weighted by atomic mass is 9.84. The number of para-hydroxylation sites is 1. The number of furan rings is 1. The molecule has 0 N–H and O–H groups in total. The standard InChI is InChI=1S/C58H39NO/c1-3-17-42(18-4-1)49-24-9-10-25-52(49)57-50(43-19-5-2-6-20-43)27-14-28-51(57)46-22-13-23-48(39-46)59(54-29-15-31-56-58(54)53-26-11-12-30-55(53)60-56)47-36-34-41(35-37-47)45-33-32-40-16-7-8-21-44(40)38-45/h1-39H. The van der Waals surface area contributed by atoms with Crippen LogP contribution in [0.15, 0.2) is 241 Å². The van der Waals surface area contributed by atoms with Crippen LogP contribution in [0.3, 0.4) is 0 Å². The van der Waals surface area contributed by atoms with Crippen molar-refractivity contribution in [3.63, 3.8) is 0 Å². The minimum atomic E-state index is 0.859. The van der Waals surface area contributed by atoms with Gasteiger partial charge in [0.15, 0.2) is 0 Å². The van der Waals surface area contributed by atoms with Crippen molar-refractivity contribution < 1.29 is 4.42 Å². The predicted molar refractivity (Wildman–Crippen MR) is 253 cm³/mol. The molecule has 0 saturated heterocycles. The molecule has 60 heavy (non-hydrogen) atoms. The number of rotatable bonds is 8. The number of hydrogen-bond acceptors (Lipinski definition) is 2. The number of hydrogen-bond donors (Lipinski definition) is 0. The smallest absolute Gasteiger partial charge is 0.137 e. The van der Waals surface area contributed by atoms with Crippen molar-refractivity contribution in [3.8, 4) is 55.6 Å². The highest BCUT2D eigenvalue weighted by atomic mass is 16.3. The Balaban J connectivity index is 1.11. The fourth-order valence-corrected chi connectivity index (χ4v) is 8.87. The normalized spacial score (nSPS) is 11.3. The van der Waals surface area contributed by atoms with Crippen LogP contribution in [0.2, 0.25) is 0 Å². The molecular weight excluding hydrogens is 727 g/mol. The molecule has 0 unspecified atom stereocenters. The third-order valence-electron chi connectivity index (χ3n) is 11.7. The lowest BCUT2D eigenvalue weighted by molar-refractivity contribution is 0.669. The van der Waals surface area contributed by atoms with Gasteiger partial charge in [-0.15, -0.1) is 0 Å². The van der Waals surface area contributed by atoms with Gasteiger partial charge in [0.05, 0.1) is 11.1 Å². The molecule has 2 nitrogen and oxygen atoms in total. The van der Waals surface area contributed by atoms with Gasteiger partial charge >= 0.3 is 0 Å². The second kappa shape index (κ2) is 15.1. The first-order valence-corrected chi connectivity index (χ1v) is 20.5. The molecule has 0 saturated carbocycles. The Kier molecular flexibility index (Phi) is 8.87. The molecule has 0 bridgehead atoms. The Morgan fingerprint density at radius 1 is 0.300 bits per heavy atom. The molecule has 1 aromatic heterocycles. The molecule has 11 rings (SSSR count). The summed E-state index contributed by atoms with van der Waals surface area (Å²) in [6, 6.07) is 85.0. The van der Waals surface area contributed by atoms with Gasteiger partial charge in [-0.05, 0) is 115 Å². The summed E-state index contributed by atoms with van der Waals surface area (Å²) in [6.45, 7) is 0. The summed E-state index contributed by atoms with van der Waals surface area (Å²) in [5.41, 5.74) is 16.7. The summed E-state index contributed by atoms with van der Waals surface area (Å²) in [5, 5.41) is 4.65. The molecule has 0 fully saturated rings. The minimum absolute atomic E-state index is 0.859. The van der Waals surface area contributed by atoms with Crippen LogP contribution in [0.5, 0.6) is 0 Å². The van der Waals surface area contributed by atoms with Gasteiger partial charge in [0, 0.05) is 16.8 Å². The Bertz CT molecular complexity index is 3310. The molecule has 0 aliphatic carbocycles. The van der Waals surface area contributed by atoms with Gasteiger partial charge in [-0.2, -0.15) is 0 Å². The zero-order chi connectivity index (χ0) is 39.8. The molecule has 282 valence electrons. The molecule has 0 aliphatic heterocycles.